The molecule has 2 aliphatic rings. The van der Waals surface area contributed by atoms with Crippen LogP contribution in [0.4, 0.5) is 10.5 Å². The molecule has 0 saturated carbocycles. The lowest BCUT2D eigenvalue weighted by molar-refractivity contribution is 0.145. The number of hydrogen-bond donors (Lipinski definition) is 1. The number of nitriles is 1. The van der Waals surface area contributed by atoms with Crippen LogP contribution in [0.1, 0.15) is 17.5 Å². The molecule has 2 N–H and O–H groups in total. The Bertz CT molecular complexity index is 1460. The van der Waals surface area contributed by atoms with Gasteiger partial charge in [-0.15, -0.1) is 10.2 Å². The fourth-order valence-corrected chi connectivity index (χ4v) is 4.91. The van der Waals surface area contributed by atoms with E-state index in [2.05, 4.69) is 56.2 Å². The molecule has 2 aliphatic heterocycles. The lowest BCUT2D eigenvalue weighted by Gasteiger charge is -2.41. The molecule has 2 aromatic carbocycles. The van der Waals surface area contributed by atoms with E-state index in [1.54, 1.807) is 6.33 Å². The van der Waals surface area contributed by atoms with Crippen LogP contribution in [0, 0.1) is 17.2 Å². The third-order valence-corrected chi connectivity index (χ3v) is 6.78. The Balaban J connectivity index is 1.28. The first-order valence-electron chi connectivity index (χ1n) is 11.5. The zero-order chi connectivity index (χ0) is 23.9. The minimum absolute atomic E-state index is 0.367. The second-order valence-corrected chi connectivity index (χ2v) is 9.00. The van der Waals surface area contributed by atoms with Gasteiger partial charge in [-0.25, -0.2) is 4.79 Å². The Kier molecular flexibility index (Phi) is 4.99. The second-order valence-electron chi connectivity index (χ2n) is 9.00. The highest BCUT2D eigenvalue weighted by atomic mass is 16.5. The van der Waals surface area contributed by atoms with Crippen LogP contribution in [0.25, 0.3) is 28.3 Å². The average molecular weight is 466 g/mol. The topological polar surface area (TPSA) is 115 Å². The number of hydrogen-bond acceptors (Lipinski definition) is 6. The molecular formula is C26H23N7O2. The van der Waals surface area contributed by atoms with Crippen LogP contribution in [0.3, 0.4) is 0 Å². The summed E-state index contributed by atoms with van der Waals surface area (Å²) >= 11 is 0. The summed E-state index contributed by atoms with van der Waals surface area (Å²) in [4.78, 5) is 13.1. The summed E-state index contributed by atoms with van der Waals surface area (Å²) in [6.45, 7) is 2.93. The molecule has 0 bridgehead atoms. The highest BCUT2D eigenvalue weighted by Gasteiger charge is 2.28. The summed E-state index contributed by atoms with van der Waals surface area (Å²) in [5.41, 5.74) is 12.2. The number of carbonyl (C=O) groups excluding carboxylic acids is 1. The van der Waals surface area contributed by atoms with Gasteiger partial charge in [0.15, 0.2) is 5.82 Å². The van der Waals surface area contributed by atoms with Crippen LogP contribution in [0.15, 0.2) is 61.1 Å². The molecule has 0 atom stereocenters. The van der Waals surface area contributed by atoms with Crippen molar-refractivity contribution in [2.24, 2.45) is 11.7 Å². The normalized spacial score (nSPS) is 14.2. The monoisotopic (exact) mass is 465 g/mol. The van der Waals surface area contributed by atoms with Crippen LogP contribution in [-0.4, -0.2) is 45.1 Å². The average Bonchev–Trinajstić information content (AvgIpc) is 3.45. The predicted molar refractivity (Wildman–Crippen MR) is 130 cm³/mol. The number of benzene rings is 2. The van der Waals surface area contributed by atoms with Gasteiger partial charge in [-0.3, -0.25) is 4.57 Å². The van der Waals surface area contributed by atoms with E-state index in [1.165, 1.54) is 11.3 Å². The number of anilines is 1. The van der Waals surface area contributed by atoms with E-state index >= 15 is 0 Å². The van der Waals surface area contributed by atoms with Gasteiger partial charge < -0.3 is 19.9 Å². The minimum atomic E-state index is -0.716. The molecule has 0 aliphatic carbocycles. The molecule has 9 nitrogen and oxygen atoms in total. The number of fused-ring (bicyclic) bond motifs is 5. The highest BCUT2D eigenvalue weighted by Crippen LogP contribution is 2.36. The third kappa shape index (κ3) is 3.79. The smallest absolute Gasteiger partial charge is 0.404 e. The van der Waals surface area contributed by atoms with Crippen molar-refractivity contribution in [1.82, 2.24) is 19.3 Å². The maximum Gasteiger partial charge on any atom is 0.404 e. The Morgan fingerprint density at radius 1 is 1.14 bits per heavy atom. The van der Waals surface area contributed by atoms with Gasteiger partial charge in [-0.2, -0.15) is 5.26 Å². The van der Waals surface area contributed by atoms with E-state index < -0.39 is 6.09 Å². The predicted octanol–water partition coefficient (Wildman–Crippen LogP) is 3.56. The maximum absolute atomic E-state index is 10.8. The van der Waals surface area contributed by atoms with Gasteiger partial charge in [0.1, 0.15) is 6.33 Å². The quantitative estimate of drug-likeness (QED) is 0.424. The maximum atomic E-state index is 10.8. The van der Waals surface area contributed by atoms with E-state index in [9.17, 15) is 4.79 Å². The molecule has 2 aromatic heterocycles. The van der Waals surface area contributed by atoms with E-state index in [-0.39, 0.29) is 0 Å². The van der Waals surface area contributed by atoms with Crippen LogP contribution < -0.4 is 10.6 Å². The van der Waals surface area contributed by atoms with Crippen LogP contribution in [0.5, 0.6) is 0 Å². The van der Waals surface area contributed by atoms with Crippen molar-refractivity contribution in [2.45, 2.75) is 13.0 Å². The van der Waals surface area contributed by atoms with Gasteiger partial charge in [0.25, 0.3) is 0 Å². The Hall–Kier alpha value is -4.58. The van der Waals surface area contributed by atoms with E-state index in [0.29, 0.717) is 24.6 Å². The molecule has 6 rings (SSSR count). The van der Waals surface area contributed by atoms with E-state index in [4.69, 9.17) is 15.7 Å². The summed E-state index contributed by atoms with van der Waals surface area (Å²) in [5, 5.41) is 17.7. The molecule has 1 fully saturated rings. The Morgan fingerprint density at radius 2 is 1.97 bits per heavy atom. The molecule has 0 radical (unpaired) electrons. The first-order valence-corrected chi connectivity index (χ1v) is 11.5. The van der Waals surface area contributed by atoms with Crippen molar-refractivity contribution in [3.8, 4) is 34.4 Å². The van der Waals surface area contributed by atoms with E-state index in [1.807, 2.05) is 28.8 Å². The largest absolute Gasteiger partial charge is 0.450 e. The van der Waals surface area contributed by atoms with Gasteiger partial charge in [-0.1, -0.05) is 12.1 Å². The second kappa shape index (κ2) is 8.33. The van der Waals surface area contributed by atoms with Crippen molar-refractivity contribution in [3.05, 3.63) is 72.2 Å². The molecule has 9 heteroatoms. The Labute approximate surface area is 202 Å². The van der Waals surface area contributed by atoms with Crippen molar-refractivity contribution >= 4 is 11.8 Å². The molecule has 1 saturated heterocycles. The first-order chi connectivity index (χ1) is 17.1. The summed E-state index contributed by atoms with van der Waals surface area (Å²) in [6.07, 6.45) is 4.00. The zero-order valence-electron chi connectivity index (χ0n) is 19.0. The number of aromatic nitrogens is 4. The summed E-state index contributed by atoms with van der Waals surface area (Å²) in [5.74, 6) is 1.29. The summed E-state index contributed by atoms with van der Waals surface area (Å²) in [7, 11) is 0. The Morgan fingerprint density at radius 3 is 2.74 bits per heavy atom. The fraction of sp³-hybridized carbons (Fsp3) is 0.231. The summed E-state index contributed by atoms with van der Waals surface area (Å²) < 4.78 is 9.12. The standard InChI is InChI=1S/C26H23N7O2/c27-11-17-1-3-19(4-2-17)20-10-24-25-30-29-16-33(25)23-6-5-22(9-21(23)15-32(24)14-20)31-12-18(13-31)7-8-35-26(28)34/h1-6,9-10,14,16,18H,7-8,12-13,15H2,(H2,28,34). The molecule has 174 valence electrons. The van der Waals surface area contributed by atoms with Crippen molar-refractivity contribution in [2.75, 3.05) is 24.6 Å². The number of ether oxygens (including phenoxy) is 1. The number of primary amides is 1. The lowest BCUT2D eigenvalue weighted by Crippen LogP contribution is -2.47. The number of nitrogens with zero attached hydrogens (tertiary/aromatic N) is 6. The third-order valence-electron chi connectivity index (χ3n) is 6.78. The molecular weight excluding hydrogens is 442 g/mol. The molecule has 4 heterocycles. The molecule has 0 spiro atoms. The van der Waals surface area contributed by atoms with Gasteiger partial charge >= 0.3 is 6.09 Å². The molecule has 0 unspecified atom stereocenters. The molecule has 35 heavy (non-hydrogen) atoms. The van der Waals surface area contributed by atoms with Crippen LogP contribution in [-0.2, 0) is 11.3 Å². The molecule has 1 amide bonds. The van der Waals surface area contributed by atoms with Gasteiger partial charge in [0, 0.05) is 37.1 Å². The van der Waals surface area contributed by atoms with Crippen molar-refractivity contribution < 1.29 is 9.53 Å². The molecule has 4 aromatic rings. The lowest BCUT2D eigenvalue weighted by atomic mass is 9.95. The minimum Gasteiger partial charge on any atom is -0.450 e. The zero-order valence-corrected chi connectivity index (χ0v) is 19.0. The summed E-state index contributed by atoms with van der Waals surface area (Å²) in [6, 6.07) is 18.4. The highest BCUT2D eigenvalue weighted by molar-refractivity contribution is 5.72. The van der Waals surface area contributed by atoms with Crippen molar-refractivity contribution in [3.63, 3.8) is 0 Å². The number of nitrogens with two attached hydrogens (primary N) is 1. The van der Waals surface area contributed by atoms with Gasteiger partial charge in [0.05, 0.1) is 29.6 Å². The van der Waals surface area contributed by atoms with Gasteiger partial charge in [-0.05, 0) is 59.9 Å². The van der Waals surface area contributed by atoms with Crippen LogP contribution >= 0.6 is 0 Å². The number of carbonyl (C=O) groups is 1. The van der Waals surface area contributed by atoms with Gasteiger partial charge in [0.2, 0.25) is 0 Å². The SMILES string of the molecule is N#Cc1ccc(-c2cc3n(c2)Cc2cc(N4CC(CCOC(N)=O)C4)ccc2-n2cnnc2-3)cc1. The van der Waals surface area contributed by atoms with Crippen molar-refractivity contribution in [1.29, 1.82) is 5.26 Å². The van der Waals surface area contributed by atoms with E-state index in [0.717, 1.165) is 47.8 Å². The number of amides is 1. The fourth-order valence-electron chi connectivity index (χ4n) is 4.91. The number of rotatable bonds is 5. The first kappa shape index (κ1) is 21.0. The van der Waals surface area contributed by atoms with Crippen LogP contribution in [0.2, 0.25) is 0 Å².